The maximum absolute atomic E-state index is 12.4. The average Bonchev–Trinajstić information content (AvgIpc) is 2.77. The minimum atomic E-state index is -0.0252. The lowest BCUT2D eigenvalue weighted by Crippen LogP contribution is -2.43. The summed E-state index contributed by atoms with van der Waals surface area (Å²) in [6.07, 6.45) is 3.93. The van der Waals surface area contributed by atoms with E-state index in [9.17, 15) is 9.59 Å². The van der Waals surface area contributed by atoms with Crippen molar-refractivity contribution >= 4 is 11.8 Å². The smallest absolute Gasteiger partial charge is 0.260 e. The van der Waals surface area contributed by atoms with Gasteiger partial charge in [0.2, 0.25) is 0 Å². The molecule has 0 spiro atoms. The van der Waals surface area contributed by atoms with Crippen LogP contribution in [0.4, 0.5) is 0 Å². The van der Waals surface area contributed by atoms with Crippen molar-refractivity contribution < 1.29 is 14.3 Å². The standard InChI is InChI=1S/C24H30N2O3/c1-2-6-19-9-11-21(12-10-19)24(28)25-17-20-13-15-26(16-14-20)23(27)18-29-22-7-4-3-5-8-22/h3-5,7-12,20H,2,6,13-18H2,1H3,(H,25,28). The largest absolute Gasteiger partial charge is 0.484 e. The molecule has 0 atom stereocenters. The first-order valence-corrected chi connectivity index (χ1v) is 10.5. The van der Waals surface area contributed by atoms with Crippen molar-refractivity contribution in [3.05, 3.63) is 65.7 Å². The summed E-state index contributed by atoms with van der Waals surface area (Å²) in [5.41, 5.74) is 1.97. The monoisotopic (exact) mass is 394 g/mol. The number of nitrogens with zero attached hydrogens (tertiary/aromatic N) is 1. The molecule has 1 saturated heterocycles. The number of carbonyl (C=O) groups is 2. The molecule has 5 nitrogen and oxygen atoms in total. The van der Waals surface area contributed by atoms with Gasteiger partial charge in [0.1, 0.15) is 5.75 Å². The molecule has 2 aromatic rings. The molecule has 154 valence electrons. The van der Waals surface area contributed by atoms with Crippen LogP contribution in [-0.2, 0) is 11.2 Å². The topological polar surface area (TPSA) is 58.6 Å². The van der Waals surface area contributed by atoms with Crippen molar-refractivity contribution in [1.82, 2.24) is 10.2 Å². The summed E-state index contributed by atoms with van der Waals surface area (Å²) in [6, 6.07) is 17.2. The number of nitrogens with one attached hydrogen (secondary N) is 1. The Hall–Kier alpha value is -2.82. The van der Waals surface area contributed by atoms with Gasteiger partial charge in [0.25, 0.3) is 11.8 Å². The molecule has 1 aliphatic rings. The van der Waals surface area contributed by atoms with Gasteiger partial charge < -0.3 is 15.0 Å². The van der Waals surface area contributed by atoms with E-state index in [2.05, 4.69) is 12.2 Å². The second kappa shape index (κ2) is 10.6. The van der Waals surface area contributed by atoms with E-state index in [-0.39, 0.29) is 18.4 Å². The zero-order valence-corrected chi connectivity index (χ0v) is 17.1. The van der Waals surface area contributed by atoms with Gasteiger partial charge in [-0.2, -0.15) is 0 Å². The van der Waals surface area contributed by atoms with Crippen LogP contribution in [-0.4, -0.2) is 43.0 Å². The Kier molecular flexibility index (Phi) is 7.68. The molecule has 0 unspecified atom stereocenters. The fraction of sp³-hybridized carbons (Fsp3) is 0.417. The van der Waals surface area contributed by atoms with Crippen molar-refractivity contribution in [1.29, 1.82) is 0 Å². The number of hydrogen-bond donors (Lipinski definition) is 1. The van der Waals surface area contributed by atoms with E-state index in [0.717, 1.165) is 25.7 Å². The third-order valence-corrected chi connectivity index (χ3v) is 5.38. The molecule has 0 bridgehead atoms. The number of likely N-dealkylation sites (tertiary alicyclic amines) is 1. The van der Waals surface area contributed by atoms with Crippen LogP contribution in [0.5, 0.6) is 5.75 Å². The summed E-state index contributed by atoms with van der Waals surface area (Å²) in [7, 11) is 0. The van der Waals surface area contributed by atoms with Crippen LogP contribution in [0.2, 0.25) is 0 Å². The zero-order chi connectivity index (χ0) is 20.5. The highest BCUT2D eigenvalue weighted by Crippen LogP contribution is 2.17. The van der Waals surface area contributed by atoms with Gasteiger partial charge in [-0.15, -0.1) is 0 Å². The Morgan fingerprint density at radius 2 is 1.72 bits per heavy atom. The average molecular weight is 395 g/mol. The van der Waals surface area contributed by atoms with Gasteiger partial charge in [0.05, 0.1) is 0 Å². The predicted octanol–water partition coefficient (Wildman–Crippen LogP) is 3.69. The molecule has 29 heavy (non-hydrogen) atoms. The third kappa shape index (κ3) is 6.34. The second-order valence-corrected chi connectivity index (χ2v) is 7.58. The van der Waals surface area contributed by atoms with E-state index in [1.807, 2.05) is 59.5 Å². The number of para-hydroxylation sites is 1. The highest BCUT2D eigenvalue weighted by molar-refractivity contribution is 5.94. The number of hydrogen-bond acceptors (Lipinski definition) is 3. The molecule has 0 saturated carbocycles. The highest BCUT2D eigenvalue weighted by atomic mass is 16.5. The summed E-state index contributed by atoms with van der Waals surface area (Å²) >= 11 is 0. The van der Waals surface area contributed by atoms with Crippen LogP contribution in [0.15, 0.2) is 54.6 Å². The third-order valence-electron chi connectivity index (χ3n) is 5.38. The maximum atomic E-state index is 12.4. The number of rotatable bonds is 8. The van der Waals surface area contributed by atoms with Crippen molar-refractivity contribution in [2.45, 2.75) is 32.6 Å². The highest BCUT2D eigenvalue weighted by Gasteiger charge is 2.23. The van der Waals surface area contributed by atoms with E-state index >= 15 is 0 Å². The molecule has 0 radical (unpaired) electrons. The van der Waals surface area contributed by atoms with E-state index in [0.29, 0.717) is 36.9 Å². The fourth-order valence-electron chi connectivity index (χ4n) is 3.59. The SMILES string of the molecule is CCCc1ccc(C(=O)NCC2CCN(C(=O)COc3ccccc3)CC2)cc1. The first-order chi connectivity index (χ1) is 14.2. The van der Waals surface area contributed by atoms with Crippen LogP contribution in [0.3, 0.4) is 0 Å². The van der Waals surface area contributed by atoms with Gasteiger partial charge >= 0.3 is 0 Å². The van der Waals surface area contributed by atoms with Gasteiger partial charge in [0, 0.05) is 25.2 Å². The molecule has 0 aliphatic carbocycles. The first-order valence-electron chi connectivity index (χ1n) is 10.5. The molecule has 3 rings (SSSR count). The number of aryl methyl sites for hydroxylation is 1. The van der Waals surface area contributed by atoms with E-state index in [1.165, 1.54) is 5.56 Å². The summed E-state index contributed by atoms with van der Waals surface area (Å²) in [5.74, 6) is 1.10. The number of piperidine rings is 1. The number of ether oxygens (including phenoxy) is 1. The lowest BCUT2D eigenvalue weighted by atomic mass is 9.96. The van der Waals surface area contributed by atoms with E-state index in [1.54, 1.807) is 0 Å². The molecule has 2 aromatic carbocycles. The summed E-state index contributed by atoms with van der Waals surface area (Å²) in [5, 5.41) is 3.04. The molecule has 1 aliphatic heterocycles. The molecular weight excluding hydrogens is 364 g/mol. The molecule has 1 heterocycles. The lowest BCUT2D eigenvalue weighted by Gasteiger charge is -2.32. The molecular formula is C24H30N2O3. The quantitative estimate of drug-likeness (QED) is 0.743. The van der Waals surface area contributed by atoms with Crippen molar-refractivity contribution in [2.24, 2.45) is 5.92 Å². The van der Waals surface area contributed by atoms with Gasteiger partial charge in [-0.05, 0) is 55.0 Å². The maximum Gasteiger partial charge on any atom is 0.260 e. The molecule has 2 amide bonds. The number of amides is 2. The molecule has 0 aromatic heterocycles. The van der Waals surface area contributed by atoms with E-state index in [4.69, 9.17) is 4.74 Å². The van der Waals surface area contributed by atoms with Crippen LogP contribution < -0.4 is 10.1 Å². The normalized spacial score (nSPS) is 14.4. The molecule has 1 N–H and O–H groups in total. The van der Waals surface area contributed by atoms with Crippen LogP contribution in [0.25, 0.3) is 0 Å². The Morgan fingerprint density at radius 3 is 2.38 bits per heavy atom. The lowest BCUT2D eigenvalue weighted by molar-refractivity contribution is -0.134. The Balaban J connectivity index is 1.37. The number of benzene rings is 2. The minimum Gasteiger partial charge on any atom is -0.484 e. The summed E-state index contributed by atoms with van der Waals surface area (Å²) in [6.45, 7) is 4.29. The van der Waals surface area contributed by atoms with Crippen molar-refractivity contribution in [3.63, 3.8) is 0 Å². The molecule has 5 heteroatoms. The predicted molar refractivity (Wildman–Crippen MR) is 114 cm³/mol. The van der Waals surface area contributed by atoms with Gasteiger partial charge in [-0.25, -0.2) is 0 Å². The summed E-state index contributed by atoms with van der Waals surface area (Å²) in [4.78, 5) is 26.5. The fourth-order valence-corrected chi connectivity index (χ4v) is 3.59. The van der Waals surface area contributed by atoms with Crippen LogP contribution >= 0.6 is 0 Å². The Bertz CT molecular complexity index is 782. The Morgan fingerprint density at radius 1 is 1.03 bits per heavy atom. The van der Waals surface area contributed by atoms with Crippen LogP contribution in [0, 0.1) is 5.92 Å². The molecule has 1 fully saturated rings. The Labute approximate surface area is 173 Å². The minimum absolute atomic E-state index is 0.0171. The second-order valence-electron chi connectivity index (χ2n) is 7.58. The van der Waals surface area contributed by atoms with Gasteiger partial charge in [0.15, 0.2) is 6.61 Å². The van der Waals surface area contributed by atoms with Crippen molar-refractivity contribution in [2.75, 3.05) is 26.2 Å². The van der Waals surface area contributed by atoms with Gasteiger partial charge in [-0.1, -0.05) is 43.7 Å². The van der Waals surface area contributed by atoms with Crippen LogP contribution in [0.1, 0.15) is 42.1 Å². The van der Waals surface area contributed by atoms with Crippen molar-refractivity contribution in [3.8, 4) is 5.75 Å². The summed E-state index contributed by atoms with van der Waals surface area (Å²) < 4.78 is 5.55. The van der Waals surface area contributed by atoms with E-state index < -0.39 is 0 Å². The number of carbonyl (C=O) groups excluding carboxylic acids is 2. The zero-order valence-electron chi connectivity index (χ0n) is 17.1. The van der Waals surface area contributed by atoms with Gasteiger partial charge in [-0.3, -0.25) is 9.59 Å². The first kappa shape index (κ1) is 20.9.